The van der Waals surface area contributed by atoms with E-state index >= 15 is 0 Å². The summed E-state index contributed by atoms with van der Waals surface area (Å²) in [5, 5.41) is 6.03. The number of fused-ring (bicyclic) bond motifs is 1. The van der Waals surface area contributed by atoms with Gasteiger partial charge in [-0.15, -0.1) is 5.10 Å². The Balaban J connectivity index is 1.84. The predicted octanol–water partition coefficient (Wildman–Crippen LogP) is 1.16. The molecule has 0 amide bonds. The van der Waals surface area contributed by atoms with Crippen molar-refractivity contribution in [3.63, 3.8) is 0 Å². The minimum Gasteiger partial charge on any atom is -0.501 e. The van der Waals surface area contributed by atoms with Crippen molar-refractivity contribution in [1.82, 2.24) is 29.1 Å². The molecular weight excluding hydrogens is 429 g/mol. The minimum atomic E-state index is -4.69. The number of nitrogens with one attached hydrogen (secondary N) is 1. The van der Waals surface area contributed by atoms with Crippen LogP contribution in [0.4, 0.5) is 13.2 Å². The van der Waals surface area contributed by atoms with Gasteiger partial charge >= 0.3 is 11.9 Å². The third kappa shape index (κ3) is 5.05. The van der Waals surface area contributed by atoms with E-state index in [1.54, 1.807) is 19.3 Å². The second-order valence-corrected chi connectivity index (χ2v) is 8.26. The second kappa shape index (κ2) is 8.55. The van der Waals surface area contributed by atoms with Gasteiger partial charge in [0.2, 0.25) is 10.7 Å². The van der Waals surface area contributed by atoms with E-state index in [1.165, 1.54) is 0 Å². The van der Waals surface area contributed by atoms with Gasteiger partial charge in [-0.2, -0.15) is 17.9 Å². The Bertz CT molecular complexity index is 1150. The van der Waals surface area contributed by atoms with Gasteiger partial charge < -0.3 is 4.74 Å². The Morgan fingerprint density at radius 1 is 1.23 bits per heavy atom. The van der Waals surface area contributed by atoms with E-state index < -0.39 is 39.1 Å². The highest BCUT2D eigenvalue weighted by molar-refractivity contribution is 7.89. The lowest BCUT2D eigenvalue weighted by Crippen LogP contribution is -2.35. The van der Waals surface area contributed by atoms with Crippen LogP contribution in [0.15, 0.2) is 39.6 Å². The molecule has 0 saturated heterocycles. The first-order valence-corrected chi connectivity index (χ1v) is 10.4. The first kappa shape index (κ1) is 22.0. The molecule has 0 bridgehead atoms. The zero-order valence-electron chi connectivity index (χ0n) is 15.9. The van der Waals surface area contributed by atoms with Crippen molar-refractivity contribution >= 4 is 15.7 Å². The van der Waals surface area contributed by atoms with E-state index in [9.17, 15) is 26.4 Å². The number of alkyl halides is 3. The number of aromatic nitrogens is 5. The molecule has 0 spiro atoms. The number of imidazole rings is 1. The highest BCUT2D eigenvalue weighted by Crippen LogP contribution is 2.19. The van der Waals surface area contributed by atoms with Crippen molar-refractivity contribution in [3.05, 3.63) is 40.3 Å². The summed E-state index contributed by atoms with van der Waals surface area (Å²) < 4.78 is 71.1. The largest absolute Gasteiger partial charge is 0.501 e. The molecule has 0 aromatic carbocycles. The lowest BCUT2D eigenvalue weighted by atomic mass is 10.0. The molecule has 3 rings (SSSR count). The maximum Gasteiger partial charge on any atom is 0.408 e. The molecule has 2 aromatic rings. The van der Waals surface area contributed by atoms with Gasteiger partial charge in [-0.1, -0.05) is 16.9 Å². The monoisotopic (exact) mass is 448 g/mol. The van der Waals surface area contributed by atoms with Gasteiger partial charge in [0.15, 0.2) is 0 Å². The van der Waals surface area contributed by atoms with Crippen molar-refractivity contribution in [1.29, 1.82) is 0 Å². The number of hydrogen-bond donors (Lipinski definition) is 1. The molecule has 1 N–H and O–H groups in total. The van der Waals surface area contributed by atoms with Gasteiger partial charge in [-0.05, 0) is 25.3 Å². The lowest BCUT2D eigenvalue weighted by Gasteiger charge is -2.12. The molecule has 2 aromatic heterocycles. The highest BCUT2D eigenvalue weighted by atomic mass is 32.2. The summed E-state index contributed by atoms with van der Waals surface area (Å²) in [4.78, 5) is 15.8. The third-order valence-electron chi connectivity index (χ3n) is 4.40. The number of hydrogen-bond acceptors (Lipinski definition) is 7. The summed E-state index contributed by atoms with van der Waals surface area (Å²) in [5.41, 5.74) is -0.847. The molecule has 0 saturated carbocycles. The van der Waals surface area contributed by atoms with Crippen molar-refractivity contribution in [2.24, 2.45) is 0 Å². The van der Waals surface area contributed by atoms with Crippen LogP contribution < -0.4 is 10.4 Å². The smallest absolute Gasteiger partial charge is 0.408 e. The quantitative estimate of drug-likeness (QED) is 0.704. The molecular formula is C16H19F3N6O4S. The van der Waals surface area contributed by atoms with Crippen LogP contribution in [0.2, 0.25) is 0 Å². The highest BCUT2D eigenvalue weighted by Gasteiger charge is 2.31. The Hall–Kier alpha value is -2.74. The standard InChI is InChI=1S/C16H19F3N6O4S/c1-29-12-5-3-2-4-11(6-7-12)8-21-30(27,28)14-13-22-23-25(9-16(17,18)19)15(26)24(13)10-20-14/h6-7,10,21H,2-5,8-9H2,1H3. The zero-order chi connectivity index (χ0) is 21.9. The van der Waals surface area contributed by atoms with Crippen LogP contribution in [-0.4, -0.2) is 52.6 Å². The summed E-state index contributed by atoms with van der Waals surface area (Å²) in [6.07, 6.45) is 2.91. The van der Waals surface area contributed by atoms with Crippen LogP contribution in [0.5, 0.6) is 0 Å². The molecule has 14 heteroatoms. The second-order valence-electron chi connectivity index (χ2n) is 6.58. The fourth-order valence-electron chi connectivity index (χ4n) is 2.88. The number of methoxy groups -OCH3 is 1. The lowest BCUT2D eigenvalue weighted by molar-refractivity contribution is -0.144. The normalized spacial score (nSPS) is 16.0. The van der Waals surface area contributed by atoms with Gasteiger partial charge in [0, 0.05) is 13.0 Å². The van der Waals surface area contributed by atoms with E-state index in [2.05, 4.69) is 20.0 Å². The number of nitrogens with zero attached hydrogens (tertiary/aromatic N) is 5. The van der Waals surface area contributed by atoms with Crippen molar-refractivity contribution in [3.8, 4) is 0 Å². The van der Waals surface area contributed by atoms with E-state index in [0.717, 1.165) is 36.9 Å². The van der Waals surface area contributed by atoms with E-state index in [1.807, 2.05) is 0 Å². The molecule has 1 aliphatic carbocycles. The molecule has 10 nitrogen and oxygen atoms in total. The molecule has 1 aliphatic rings. The average molecular weight is 448 g/mol. The van der Waals surface area contributed by atoms with Gasteiger partial charge in [0.1, 0.15) is 12.9 Å². The molecule has 0 radical (unpaired) electrons. The summed E-state index contributed by atoms with van der Waals surface area (Å²) in [6.45, 7) is -1.66. The molecule has 30 heavy (non-hydrogen) atoms. The Kier molecular flexibility index (Phi) is 6.26. The van der Waals surface area contributed by atoms with Gasteiger partial charge in [-0.3, -0.25) is 0 Å². The zero-order valence-corrected chi connectivity index (χ0v) is 16.7. The molecule has 0 aliphatic heterocycles. The van der Waals surface area contributed by atoms with Crippen LogP contribution in [0.3, 0.4) is 0 Å². The summed E-state index contributed by atoms with van der Waals surface area (Å²) >= 11 is 0. The predicted molar refractivity (Wildman–Crippen MR) is 97.9 cm³/mol. The maximum atomic E-state index is 12.6. The van der Waals surface area contributed by atoms with Crippen molar-refractivity contribution < 1.29 is 26.3 Å². The Labute approximate surface area is 169 Å². The van der Waals surface area contributed by atoms with E-state index in [0.29, 0.717) is 10.8 Å². The van der Waals surface area contributed by atoms with E-state index in [-0.39, 0.29) is 11.2 Å². The molecule has 0 fully saturated rings. The Morgan fingerprint density at radius 3 is 2.67 bits per heavy atom. The van der Waals surface area contributed by atoms with Crippen LogP contribution in [0, 0.1) is 0 Å². The summed E-state index contributed by atoms with van der Waals surface area (Å²) in [5.74, 6) is 0.792. The number of rotatable bonds is 6. The first-order chi connectivity index (χ1) is 14.1. The van der Waals surface area contributed by atoms with Crippen LogP contribution in [-0.2, 0) is 21.3 Å². The van der Waals surface area contributed by atoms with Gasteiger partial charge in [-0.25, -0.2) is 27.3 Å². The fourth-order valence-corrected chi connectivity index (χ4v) is 3.95. The summed E-state index contributed by atoms with van der Waals surface area (Å²) in [7, 11) is -2.63. The number of halogens is 3. The van der Waals surface area contributed by atoms with Gasteiger partial charge in [0.25, 0.3) is 10.0 Å². The van der Waals surface area contributed by atoms with Crippen LogP contribution >= 0.6 is 0 Å². The number of sulfonamides is 1. The van der Waals surface area contributed by atoms with Crippen molar-refractivity contribution in [2.45, 2.75) is 43.4 Å². The molecule has 2 heterocycles. The van der Waals surface area contributed by atoms with Gasteiger partial charge in [0.05, 0.1) is 12.9 Å². The SMILES string of the molecule is COC1=CC=C(CNS(=O)(=O)c2ncn3c(=O)n(CC(F)(F)F)nnc23)CCCC1. The third-order valence-corrected chi connectivity index (χ3v) is 5.72. The van der Waals surface area contributed by atoms with Crippen molar-refractivity contribution in [2.75, 3.05) is 13.7 Å². The van der Waals surface area contributed by atoms with E-state index in [4.69, 9.17) is 4.74 Å². The van der Waals surface area contributed by atoms with Crippen LogP contribution in [0.1, 0.15) is 25.7 Å². The molecule has 164 valence electrons. The fraction of sp³-hybridized carbons (Fsp3) is 0.500. The molecule has 0 atom stereocenters. The topological polar surface area (TPSA) is 120 Å². The first-order valence-electron chi connectivity index (χ1n) is 8.90. The van der Waals surface area contributed by atoms with Crippen LogP contribution in [0.25, 0.3) is 5.65 Å². The number of allylic oxidation sites excluding steroid dienone is 3. The summed E-state index contributed by atoms with van der Waals surface area (Å²) in [6, 6.07) is 0. The maximum absolute atomic E-state index is 12.6. The number of ether oxygens (including phenoxy) is 1. The average Bonchev–Trinajstić information content (AvgIpc) is 3.08. The Morgan fingerprint density at radius 2 is 1.97 bits per heavy atom. The minimum absolute atomic E-state index is 0.00653. The molecule has 0 unspecified atom stereocenters.